The van der Waals surface area contributed by atoms with Crippen molar-refractivity contribution in [1.29, 1.82) is 0 Å². The first-order valence-electron chi connectivity index (χ1n) is 10.5. The molecule has 36 heavy (non-hydrogen) atoms. The number of aromatic nitrogens is 3. The fourth-order valence-corrected chi connectivity index (χ4v) is 4.09. The number of aryl methyl sites for hydroxylation is 2. The van der Waals surface area contributed by atoms with E-state index in [0.717, 1.165) is 11.1 Å². The molecule has 2 amide bonds. The van der Waals surface area contributed by atoms with E-state index in [9.17, 15) is 22.8 Å². The van der Waals surface area contributed by atoms with Crippen LogP contribution in [-0.4, -0.2) is 39.4 Å². The number of hydrogen-bond acceptors (Lipinski definition) is 7. The van der Waals surface area contributed by atoms with E-state index in [1.165, 1.54) is 23.2 Å². The van der Waals surface area contributed by atoms with Gasteiger partial charge in [0.05, 0.1) is 13.0 Å². The Morgan fingerprint density at radius 1 is 1.31 bits per heavy atom. The summed E-state index contributed by atoms with van der Waals surface area (Å²) in [6.45, 7) is 3.06. The Balaban J connectivity index is 1.71. The molecule has 1 aliphatic heterocycles. The summed E-state index contributed by atoms with van der Waals surface area (Å²) in [4.78, 5) is 39.0. The molecule has 1 atom stereocenters. The molecule has 186 valence electrons. The molecule has 1 N–H and O–H groups in total. The highest BCUT2D eigenvalue weighted by Gasteiger charge is 2.41. The first kappa shape index (κ1) is 25.4. The number of anilines is 2. The van der Waals surface area contributed by atoms with Gasteiger partial charge >= 0.3 is 6.18 Å². The molecular weight excluding hydrogens is 517 g/mol. The molecule has 0 spiro atoms. The summed E-state index contributed by atoms with van der Waals surface area (Å²) in [5.41, 5.74) is 2.40. The molecule has 1 aromatic carbocycles. The highest BCUT2D eigenvalue weighted by molar-refractivity contribution is 7.10. The van der Waals surface area contributed by atoms with Crippen molar-refractivity contribution in [2.75, 3.05) is 16.5 Å². The van der Waals surface area contributed by atoms with Gasteiger partial charge in [0, 0.05) is 28.0 Å². The SMILES string of the molecule is Cc1cc(C(F)(F)F)nc(N2NC(=O)CC2C(=O)N(CC#Cc2nccs2)c2ccc(Cl)c(C)c2)n1. The molecule has 3 aromatic rings. The topological polar surface area (TPSA) is 91.3 Å². The van der Waals surface area contributed by atoms with Gasteiger partial charge in [0.15, 0.2) is 5.01 Å². The third-order valence-corrected chi connectivity index (χ3v) is 6.27. The van der Waals surface area contributed by atoms with Gasteiger partial charge in [-0.3, -0.25) is 19.9 Å². The van der Waals surface area contributed by atoms with Crippen LogP contribution in [0.3, 0.4) is 0 Å². The fraction of sp³-hybridized carbons (Fsp3) is 0.261. The molecule has 1 saturated heterocycles. The van der Waals surface area contributed by atoms with Crippen LogP contribution in [0.5, 0.6) is 0 Å². The Labute approximate surface area is 213 Å². The number of alkyl halides is 3. The maximum atomic E-state index is 13.7. The number of benzene rings is 1. The minimum absolute atomic E-state index is 0.0270. The van der Waals surface area contributed by atoms with Gasteiger partial charge in [0.25, 0.3) is 5.91 Å². The number of amides is 2. The van der Waals surface area contributed by atoms with Crippen LogP contribution in [0.1, 0.15) is 28.4 Å². The quantitative estimate of drug-likeness (QED) is 0.510. The Hall–Kier alpha value is -3.69. The Bertz CT molecular complexity index is 1370. The predicted octanol–water partition coefficient (Wildman–Crippen LogP) is 3.92. The van der Waals surface area contributed by atoms with Crippen molar-refractivity contribution in [3.63, 3.8) is 0 Å². The van der Waals surface area contributed by atoms with Gasteiger partial charge in [0.1, 0.15) is 11.7 Å². The predicted molar refractivity (Wildman–Crippen MR) is 128 cm³/mol. The highest BCUT2D eigenvalue weighted by atomic mass is 35.5. The van der Waals surface area contributed by atoms with Crippen LogP contribution in [0.4, 0.5) is 24.8 Å². The van der Waals surface area contributed by atoms with Gasteiger partial charge in [-0.1, -0.05) is 17.5 Å². The number of hydrazine groups is 1. The van der Waals surface area contributed by atoms with Crippen molar-refractivity contribution in [3.8, 4) is 11.8 Å². The second kappa shape index (κ2) is 10.1. The average Bonchev–Trinajstić information content (AvgIpc) is 3.47. The smallest absolute Gasteiger partial charge is 0.299 e. The average molecular weight is 535 g/mol. The number of halogens is 4. The van der Waals surface area contributed by atoms with Crippen LogP contribution in [0.2, 0.25) is 5.02 Å². The third-order valence-electron chi connectivity index (χ3n) is 5.15. The number of rotatable bonds is 4. The van der Waals surface area contributed by atoms with Gasteiger partial charge in [-0.25, -0.2) is 20.0 Å². The van der Waals surface area contributed by atoms with E-state index >= 15 is 0 Å². The molecule has 1 fully saturated rings. The van der Waals surface area contributed by atoms with Gasteiger partial charge < -0.3 is 0 Å². The normalized spacial score (nSPS) is 15.3. The Kier molecular flexibility index (Phi) is 7.14. The van der Waals surface area contributed by atoms with Crippen molar-refractivity contribution in [2.24, 2.45) is 0 Å². The zero-order chi connectivity index (χ0) is 26.0. The molecule has 1 aliphatic rings. The monoisotopic (exact) mass is 534 g/mol. The van der Waals surface area contributed by atoms with E-state index in [2.05, 4.69) is 32.2 Å². The molecule has 3 heterocycles. The molecule has 8 nitrogen and oxygen atoms in total. The standard InChI is InChI=1S/C23H18ClF3N6O2S/c1-13-10-15(5-6-16(13)24)32(8-3-4-20-28-7-9-36-20)21(35)17-12-19(34)31-33(17)22-29-14(2)11-18(30-22)23(25,26)27/h5-7,9-11,17H,8,12H2,1-2H3,(H,31,34). The van der Waals surface area contributed by atoms with E-state index in [1.807, 2.05) is 0 Å². The van der Waals surface area contributed by atoms with Crippen molar-refractivity contribution in [2.45, 2.75) is 32.5 Å². The summed E-state index contributed by atoms with van der Waals surface area (Å²) in [5.74, 6) is 4.19. The van der Waals surface area contributed by atoms with Crippen LogP contribution < -0.4 is 15.3 Å². The maximum absolute atomic E-state index is 13.7. The van der Waals surface area contributed by atoms with Crippen LogP contribution >= 0.6 is 22.9 Å². The maximum Gasteiger partial charge on any atom is 0.433 e. The lowest BCUT2D eigenvalue weighted by atomic mass is 10.1. The molecule has 0 aliphatic carbocycles. The van der Waals surface area contributed by atoms with Crippen LogP contribution in [0.15, 0.2) is 35.8 Å². The van der Waals surface area contributed by atoms with Gasteiger partial charge in [-0.05, 0) is 49.6 Å². The molecule has 13 heteroatoms. The summed E-state index contributed by atoms with van der Waals surface area (Å²) in [6.07, 6.45) is -3.44. The Morgan fingerprint density at radius 3 is 2.75 bits per heavy atom. The summed E-state index contributed by atoms with van der Waals surface area (Å²) in [7, 11) is 0. The molecular formula is C23H18ClF3N6O2S. The van der Waals surface area contributed by atoms with Crippen LogP contribution in [-0.2, 0) is 15.8 Å². The largest absolute Gasteiger partial charge is 0.433 e. The van der Waals surface area contributed by atoms with Crippen molar-refractivity contribution >= 4 is 46.4 Å². The number of thiazole rings is 1. The molecule has 1 unspecified atom stereocenters. The van der Waals surface area contributed by atoms with E-state index in [0.29, 0.717) is 21.3 Å². The number of carbonyl (C=O) groups is 2. The zero-order valence-corrected chi connectivity index (χ0v) is 20.5. The second-order valence-corrected chi connectivity index (χ2v) is 9.12. The van der Waals surface area contributed by atoms with Crippen LogP contribution in [0.25, 0.3) is 0 Å². The van der Waals surface area contributed by atoms with Crippen molar-refractivity contribution in [1.82, 2.24) is 20.4 Å². The minimum atomic E-state index is -4.73. The van der Waals surface area contributed by atoms with E-state index in [1.54, 1.807) is 36.7 Å². The van der Waals surface area contributed by atoms with Gasteiger partial charge in [-0.15, -0.1) is 11.3 Å². The summed E-state index contributed by atoms with van der Waals surface area (Å²) >= 11 is 7.48. The third kappa shape index (κ3) is 5.58. The van der Waals surface area contributed by atoms with E-state index in [-0.39, 0.29) is 18.7 Å². The molecule has 4 rings (SSSR count). The number of nitrogens with zero attached hydrogens (tertiary/aromatic N) is 5. The molecule has 0 bridgehead atoms. The number of nitrogens with one attached hydrogen (secondary N) is 1. The first-order valence-corrected chi connectivity index (χ1v) is 11.8. The highest BCUT2D eigenvalue weighted by Crippen LogP contribution is 2.31. The fourth-order valence-electron chi connectivity index (χ4n) is 3.47. The van der Waals surface area contributed by atoms with Gasteiger partial charge in [0.2, 0.25) is 11.9 Å². The minimum Gasteiger partial charge on any atom is -0.299 e. The molecule has 2 aromatic heterocycles. The van der Waals surface area contributed by atoms with Crippen LogP contribution in [0, 0.1) is 25.7 Å². The van der Waals surface area contributed by atoms with E-state index in [4.69, 9.17) is 11.6 Å². The second-order valence-electron chi connectivity index (χ2n) is 7.81. The number of carbonyl (C=O) groups excluding carboxylic acids is 2. The summed E-state index contributed by atoms with van der Waals surface area (Å²) in [5, 5.41) is 3.78. The van der Waals surface area contributed by atoms with Crippen molar-refractivity contribution < 1.29 is 22.8 Å². The summed E-state index contributed by atoms with van der Waals surface area (Å²) in [6, 6.07) is 4.51. The zero-order valence-electron chi connectivity index (χ0n) is 18.9. The first-order chi connectivity index (χ1) is 17.0. The lowest BCUT2D eigenvalue weighted by molar-refractivity contribution is -0.141. The Morgan fingerprint density at radius 2 is 2.08 bits per heavy atom. The number of hydrogen-bond donors (Lipinski definition) is 1. The molecule has 0 radical (unpaired) electrons. The van der Waals surface area contributed by atoms with Crippen molar-refractivity contribution in [3.05, 3.63) is 62.8 Å². The lowest BCUT2D eigenvalue weighted by Crippen LogP contribution is -2.50. The van der Waals surface area contributed by atoms with E-state index < -0.39 is 35.7 Å². The molecule has 0 saturated carbocycles. The lowest BCUT2D eigenvalue weighted by Gasteiger charge is -2.29. The summed E-state index contributed by atoms with van der Waals surface area (Å²) < 4.78 is 40.0. The van der Waals surface area contributed by atoms with Gasteiger partial charge in [-0.2, -0.15) is 13.2 Å².